The number of aromatic nitrogens is 3. The topological polar surface area (TPSA) is 61.9 Å². The summed E-state index contributed by atoms with van der Waals surface area (Å²) in [5.74, 6) is 0.154. The summed E-state index contributed by atoms with van der Waals surface area (Å²) in [6.07, 6.45) is 4.27. The Morgan fingerprint density at radius 1 is 1.38 bits per heavy atom. The van der Waals surface area contributed by atoms with Crippen molar-refractivity contribution in [3.63, 3.8) is 0 Å². The van der Waals surface area contributed by atoms with Crippen molar-refractivity contribution < 1.29 is 9.18 Å². The second-order valence-electron chi connectivity index (χ2n) is 5.40. The van der Waals surface area contributed by atoms with Crippen LogP contribution in [0.15, 0.2) is 24.5 Å². The fourth-order valence-corrected chi connectivity index (χ4v) is 2.86. The van der Waals surface area contributed by atoms with Crippen LogP contribution in [-0.2, 0) is 0 Å². The molecule has 1 aliphatic rings. The van der Waals surface area contributed by atoms with Crippen molar-refractivity contribution >= 4 is 5.91 Å². The molecule has 0 aliphatic carbocycles. The van der Waals surface area contributed by atoms with E-state index >= 15 is 0 Å². The first-order valence-corrected chi connectivity index (χ1v) is 7.08. The van der Waals surface area contributed by atoms with Crippen molar-refractivity contribution in [3.05, 3.63) is 47.3 Å². The normalized spacial score (nSPS) is 18.8. The summed E-state index contributed by atoms with van der Waals surface area (Å²) >= 11 is 0. The molecular formula is C15H17FN4O. The summed E-state index contributed by atoms with van der Waals surface area (Å²) in [5, 5.41) is 6.69. The summed E-state index contributed by atoms with van der Waals surface area (Å²) < 4.78 is 13.5. The predicted octanol–water partition coefficient (Wildman–Crippen LogP) is 2.62. The first-order chi connectivity index (χ1) is 10.1. The SMILES string of the molecule is Cc1cc(F)cc(C(=O)N2CCCC[C@H]2c2ncn[nH]2)c1. The first-order valence-electron chi connectivity index (χ1n) is 7.08. The van der Waals surface area contributed by atoms with Crippen LogP contribution in [0.3, 0.4) is 0 Å². The van der Waals surface area contributed by atoms with Crippen molar-refractivity contribution in [3.8, 4) is 0 Å². The Balaban J connectivity index is 1.90. The van der Waals surface area contributed by atoms with Crippen molar-refractivity contribution in [1.82, 2.24) is 20.1 Å². The van der Waals surface area contributed by atoms with E-state index in [4.69, 9.17) is 0 Å². The number of aromatic amines is 1. The molecule has 1 fully saturated rings. The number of H-pyrrole nitrogens is 1. The molecule has 1 aliphatic heterocycles. The average molecular weight is 288 g/mol. The van der Waals surface area contributed by atoms with E-state index < -0.39 is 0 Å². The lowest BCUT2D eigenvalue weighted by molar-refractivity contribution is 0.0600. The van der Waals surface area contributed by atoms with Gasteiger partial charge in [0.1, 0.15) is 18.0 Å². The summed E-state index contributed by atoms with van der Waals surface area (Å²) in [6, 6.07) is 4.32. The number of amides is 1. The Kier molecular flexibility index (Phi) is 3.68. The van der Waals surface area contributed by atoms with E-state index in [1.165, 1.54) is 18.5 Å². The number of hydrogen-bond acceptors (Lipinski definition) is 3. The molecule has 1 aromatic carbocycles. The highest BCUT2D eigenvalue weighted by Gasteiger charge is 2.30. The minimum absolute atomic E-state index is 0.114. The lowest BCUT2D eigenvalue weighted by Gasteiger charge is -2.34. The highest BCUT2D eigenvalue weighted by molar-refractivity contribution is 5.94. The van der Waals surface area contributed by atoms with Gasteiger partial charge < -0.3 is 4.90 Å². The second kappa shape index (κ2) is 5.63. The number of nitrogens with one attached hydrogen (secondary N) is 1. The first kappa shape index (κ1) is 13.7. The molecule has 0 spiro atoms. The van der Waals surface area contributed by atoms with Crippen LogP contribution in [0.25, 0.3) is 0 Å². The number of benzene rings is 1. The van der Waals surface area contributed by atoms with Gasteiger partial charge in [0.2, 0.25) is 0 Å². The van der Waals surface area contributed by atoms with Crippen LogP contribution >= 0.6 is 0 Å². The molecule has 21 heavy (non-hydrogen) atoms. The molecule has 1 aromatic heterocycles. The molecule has 5 nitrogen and oxygen atoms in total. The van der Waals surface area contributed by atoms with Gasteiger partial charge in [-0.3, -0.25) is 9.89 Å². The predicted molar refractivity (Wildman–Crippen MR) is 75.1 cm³/mol. The quantitative estimate of drug-likeness (QED) is 0.924. The van der Waals surface area contributed by atoms with Gasteiger partial charge in [-0.15, -0.1) is 0 Å². The molecule has 0 unspecified atom stereocenters. The number of carbonyl (C=O) groups is 1. The van der Waals surface area contributed by atoms with Gasteiger partial charge in [-0.05, 0) is 49.9 Å². The number of carbonyl (C=O) groups excluding carboxylic acids is 1. The third-order valence-electron chi connectivity index (χ3n) is 3.80. The largest absolute Gasteiger partial charge is 0.328 e. The molecule has 2 heterocycles. The molecule has 1 saturated heterocycles. The molecule has 3 rings (SSSR count). The highest BCUT2D eigenvalue weighted by atomic mass is 19.1. The number of aryl methyl sites for hydroxylation is 1. The van der Waals surface area contributed by atoms with Crippen LogP contribution in [0.4, 0.5) is 4.39 Å². The zero-order valence-electron chi connectivity index (χ0n) is 11.8. The van der Waals surface area contributed by atoms with Gasteiger partial charge in [-0.2, -0.15) is 5.10 Å². The van der Waals surface area contributed by atoms with Crippen LogP contribution in [0.5, 0.6) is 0 Å². The maximum Gasteiger partial charge on any atom is 0.254 e. The Morgan fingerprint density at radius 3 is 2.95 bits per heavy atom. The summed E-state index contributed by atoms with van der Waals surface area (Å²) in [5.41, 5.74) is 1.13. The smallest absolute Gasteiger partial charge is 0.254 e. The van der Waals surface area contributed by atoms with Crippen LogP contribution in [0, 0.1) is 12.7 Å². The van der Waals surface area contributed by atoms with E-state index in [1.807, 2.05) is 0 Å². The van der Waals surface area contributed by atoms with Gasteiger partial charge in [-0.1, -0.05) is 0 Å². The molecule has 0 saturated carbocycles. The van der Waals surface area contributed by atoms with Crippen LogP contribution in [0.2, 0.25) is 0 Å². The molecule has 2 aromatic rings. The Hall–Kier alpha value is -2.24. The number of nitrogens with zero attached hydrogens (tertiary/aromatic N) is 3. The van der Waals surface area contributed by atoms with Crippen LogP contribution in [-0.4, -0.2) is 32.5 Å². The second-order valence-corrected chi connectivity index (χ2v) is 5.40. The van der Waals surface area contributed by atoms with Gasteiger partial charge in [0.25, 0.3) is 5.91 Å². The van der Waals surface area contributed by atoms with Gasteiger partial charge in [0.05, 0.1) is 6.04 Å². The van der Waals surface area contributed by atoms with Crippen molar-refractivity contribution in [1.29, 1.82) is 0 Å². The van der Waals surface area contributed by atoms with Crippen molar-refractivity contribution in [2.45, 2.75) is 32.2 Å². The highest BCUT2D eigenvalue weighted by Crippen LogP contribution is 2.30. The van der Waals surface area contributed by atoms with Gasteiger partial charge >= 0.3 is 0 Å². The summed E-state index contributed by atoms with van der Waals surface area (Å²) in [6.45, 7) is 2.43. The molecule has 6 heteroatoms. The monoisotopic (exact) mass is 288 g/mol. The summed E-state index contributed by atoms with van der Waals surface area (Å²) in [4.78, 5) is 18.6. The molecule has 1 atom stereocenters. The molecule has 0 radical (unpaired) electrons. The van der Waals surface area contributed by atoms with Crippen LogP contribution < -0.4 is 0 Å². The standard InChI is InChI=1S/C15H17FN4O/c1-10-6-11(8-12(16)7-10)15(21)20-5-3-2-4-13(20)14-17-9-18-19-14/h6-9,13H,2-5H2,1H3,(H,17,18,19)/t13-/m0/s1. The minimum Gasteiger partial charge on any atom is -0.328 e. The molecule has 1 N–H and O–H groups in total. The minimum atomic E-state index is -0.383. The molecule has 0 bridgehead atoms. The van der Waals surface area contributed by atoms with Gasteiger partial charge in [-0.25, -0.2) is 9.37 Å². The number of rotatable bonds is 2. The maximum atomic E-state index is 13.5. The van der Waals surface area contributed by atoms with Crippen molar-refractivity contribution in [2.24, 2.45) is 0 Å². The zero-order chi connectivity index (χ0) is 14.8. The molecule has 110 valence electrons. The fourth-order valence-electron chi connectivity index (χ4n) is 2.86. The number of hydrogen-bond donors (Lipinski definition) is 1. The van der Waals surface area contributed by atoms with Gasteiger partial charge in [0, 0.05) is 12.1 Å². The van der Waals surface area contributed by atoms with Crippen molar-refractivity contribution in [2.75, 3.05) is 6.54 Å². The number of likely N-dealkylation sites (tertiary alicyclic amines) is 1. The van der Waals surface area contributed by atoms with E-state index in [0.29, 0.717) is 17.9 Å². The number of piperidine rings is 1. The van der Waals surface area contributed by atoms with E-state index in [1.54, 1.807) is 17.9 Å². The average Bonchev–Trinajstić information content (AvgIpc) is 2.99. The Morgan fingerprint density at radius 2 is 2.24 bits per heavy atom. The Bertz CT molecular complexity index is 621. The van der Waals surface area contributed by atoms with E-state index in [-0.39, 0.29) is 17.8 Å². The van der Waals surface area contributed by atoms with E-state index in [0.717, 1.165) is 24.8 Å². The fraction of sp³-hybridized carbons (Fsp3) is 0.400. The van der Waals surface area contributed by atoms with Crippen LogP contribution in [0.1, 0.15) is 47.1 Å². The molecular weight excluding hydrogens is 271 g/mol. The summed E-state index contributed by atoms with van der Waals surface area (Å²) in [7, 11) is 0. The molecule has 1 amide bonds. The maximum absolute atomic E-state index is 13.5. The Labute approximate surface area is 122 Å². The zero-order valence-corrected chi connectivity index (χ0v) is 11.8. The third-order valence-corrected chi connectivity index (χ3v) is 3.80. The van der Waals surface area contributed by atoms with E-state index in [9.17, 15) is 9.18 Å². The third kappa shape index (κ3) is 2.79. The lowest BCUT2D eigenvalue weighted by Crippen LogP contribution is -2.39. The number of halogens is 1. The van der Waals surface area contributed by atoms with E-state index in [2.05, 4.69) is 15.2 Å². The van der Waals surface area contributed by atoms with Gasteiger partial charge in [0.15, 0.2) is 0 Å². The lowest BCUT2D eigenvalue weighted by atomic mass is 9.99.